The summed E-state index contributed by atoms with van der Waals surface area (Å²) < 4.78 is 7.69. The molecule has 0 saturated carbocycles. The maximum Gasteiger partial charge on any atom is 0.0896 e. The molecular weight excluding hydrogens is 238 g/mol. The first-order valence-corrected chi connectivity index (χ1v) is 6.90. The van der Waals surface area contributed by atoms with E-state index < -0.39 is 0 Å². The molecule has 1 N–H and O–H groups in total. The Morgan fingerprint density at radius 3 is 2.74 bits per heavy atom. The number of hydrogen-bond donors (Lipinski definition) is 1. The highest BCUT2D eigenvalue weighted by Gasteiger charge is 2.18. The van der Waals surface area contributed by atoms with Crippen LogP contribution in [0.1, 0.15) is 32.5 Å². The summed E-state index contributed by atoms with van der Waals surface area (Å²) in [5.41, 5.74) is 2.23. The maximum absolute atomic E-state index is 5.76. The van der Waals surface area contributed by atoms with Gasteiger partial charge in [0.05, 0.1) is 30.0 Å². The summed E-state index contributed by atoms with van der Waals surface area (Å²) in [5.74, 6) is 0. The number of hydrogen-bond acceptors (Lipinski definition) is 3. The van der Waals surface area contributed by atoms with E-state index in [4.69, 9.17) is 4.74 Å². The van der Waals surface area contributed by atoms with Gasteiger partial charge in [-0.2, -0.15) is 5.10 Å². The van der Waals surface area contributed by atoms with Gasteiger partial charge in [-0.25, -0.2) is 0 Å². The third-order valence-electron chi connectivity index (χ3n) is 3.16. The molecule has 4 heteroatoms. The van der Waals surface area contributed by atoms with Crippen LogP contribution in [0.25, 0.3) is 10.9 Å². The standard InChI is InChI=1S/C15H23N3O/c1-5-16-13(10-19-11(2)3)15-12-8-6-7-9-14(12)18(4)17-15/h6-9,11,13,16H,5,10H2,1-4H3. The highest BCUT2D eigenvalue weighted by molar-refractivity contribution is 5.82. The van der Waals surface area contributed by atoms with Crippen molar-refractivity contribution >= 4 is 10.9 Å². The molecule has 1 heterocycles. The van der Waals surface area contributed by atoms with Gasteiger partial charge in [-0.3, -0.25) is 4.68 Å². The Balaban J connectivity index is 2.33. The molecule has 104 valence electrons. The lowest BCUT2D eigenvalue weighted by Crippen LogP contribution is -2.27. The Kier molecular flexibility index (Phi) is 4.56. The highest BCUT2D eigenvalue weighted by Crippen LogP contribution is 2.23. The summed E-state index contributed by atoms with van der Waals surface area (Å²) in [4.78, 5) is 0. The lowest BCUT2D eigenvalue weighted by molar-refractivity contribution is 0.0608. The molecule has 0 aliphatic carbocycles. The van der Waals surface area contributed by atoms with E-state index in [1.807, 2.05) is 17.8 Å². The molecule has 4 nitrogen and oxygen atoms in total. The van der Waals surface area contributed by atoms with Crippen LogP contribution in [0.15, 0.2) is 24.3 Å². The van der Waals surface area contributed by atoms with Crippen molar-refractivity contribution in [2.45, 2.75) is 32.9 Å². The van der Waals surface area contributed by atoms with Gasteiger partial charge in [0.15, 0.2) is 0 Å². The van der Waals surface area contributed by atoms with Gasteiger partial charge in [0.2, 0.25) is 0 Å². The summed E-state index contributed by atoms with van der Waals surface area (Å²) in [6.07, 6.45) is 0.233. The Labute approximate surface area is 114 Å². The van der Waals surface area contributed by atoms with E-state index in [1.54, 1.807) is 0 Å². The number of fused-ring (bicyclic) bond motifs is 1. The Morgan fingerprint density at radius 1 is 1.32 bits per heavy atom. The molecule has 0 aliphatic heterocycles. The van der Waals surface area contributed by atoms with Crippen molar-refractivity contribution in [1.82, 2.24) is 15.1 Å². The fourth-order valence-corrected chi connectivity index (χ4v) is 2.27. The number of nitrogens with zero attached hydrogens (tertiary/aromatic N) is 2. The van der Waals surface area contributed by atoms with E-state index in [0.717, 1.165) is 17.8 Å². The minimum absolute atomic E-state index is 0.137. The second kappa shape index (κ2) is 6.17. The van der Waals surface area contributed by atoms with E-state index in [-0.39, 0.29) is 12.1 Å². The fourth-order valence-electron chi connectivity index (χ4n) is 2.27. The molecule has 1 aromatic heterocycles. The summed E-state index contributed by atoms with van der Waals surface area (Å²) in [7, 11) is 1.98. The van der Waals surface area contributed by atoms with Crippen molar-refractivity contribution in [1.29, 1.82) is 0 Å². The number of aromatic nitrogens is 2. The summed E-state index contributed by atoms with van der Waals surface area (Å²) >= 11 is 0. The molecule has 1 unspecified atom stereocenters. The molecule has 0 spiro atoms. The number of ether oxygens (including phenoxy) is 1. The summed E-state index contributed by atoms with van der Waals surface area (Å²) in [5, 5.41) is 9.32. The van der Waals surface area contributed by atoms with Crippen LogP contribution in [0.4, 0.5) is 0 Å². The Bertz CT molecular complexity index is 533. The van der Waals surface area contributed by atoms with Crippen LogP contribution in [0, 0.1) is 0 Å². The van der Waals surface area contributed by atoms with Crippen molar-refractivity contribution in [2.75, 3.05) is 13.2 Å². The van der Waals surface area contributed by atoms with Gasteiger partial charge < -0.3 is 10.1 Å². The molecule has 0 aliphatic rings. The van der Waals surface area contributed by atoms with Gasteiger partial charge in [0, 0.05) is 12.4 Å². The molecule has 2 rings (SSSR count). The van der Waals surface area contributed by atoms with Crippen molar-refractivity contribution in [3.05, 3.63) is 30.0 Å². The first kappa shape index (κ1) is 14.0. The average molecular weight is 261 g/mol. The predicted octanol–water partition coefficient (Wildman–Crippen LogP) is 2.65. The predicted molar refractivity (Wildman–Crippen MR) is 78.2 cm³/mol. The lowest BCUT2D eigenvalue weighted by Gasteiger charge is -2.18. The number of benzene rings is 1. The highest BCUT2D eigenvalue weighted by atomic mass is 16.5. The molecule has 0 fully saturated rings. The zero-order valence-electron chi connectivity index (χ0n) is 12.2. The molecule has 0 radical (unpaired) electrons. The number of para-hydroxylation sites is 1. The van der Waals surface area contributed by atoms with Gasteiger partial charge >= 0.3 is 0 Å². The molecule has 1 aromatic carbocycles. The first-order chi connectivity index (χ1) is 9.13. The topological polar surface area (TPSA) is 39.1 Å². The smallest absolute Gasteiger partial charge is 0.0896 e. The molecule has 0 saturated heterocycles. The maximum atomic E-state index is 5.76. The van der Waals surface area contributed by atoms with E-state index in [1.165, 1.54) is 5.39 Å². The van der Waals surface area contributed by atoms with Crippen LogP contribution in [0.5, 0.6) is 0 Å². The quantitative estimate of drug-likeness (QED) is 0.869. The van der Waals surface area contributed by atoms with Gasteiger partial charge in [-0.15, -0.1) is 0 Å². The van der Waals surface area contributed by atoms with Crippen LogP contribution < -0.4 is 5.32 Å². The van der Waals surface area contributed by atoms with Crippen molar-refractivity contribution in [2.24, 2.45) is 7.05 Å². The fraction of sp³-hybridized carbons (Fsp3) is 0.533. The van der Waals surface area contributed by atoms with Crippen LogP contribution in [-0.2, 0) is 11.8 Å². The largest absolute Gasteiger partial charge is 0.377 e. The second-order valence-corrected chi connectivity index (χ2v) is 5.02. The van der Waals surface area contributed by atoms with Crippen molar-refractivity contribution in [3.63, 3.8) is 0 Å². The van der Waals surface area contributed by atoms with Crippen LogP contribution in [0.2, 0.25) is 0 Å². The van der Waals surface area contributed by atoms with Gasteiger partial charge in [0.1, 0.15) is 0 Å². The number of nitrogens with one attached hydrogen (secondary N) is 1. The summed E-state index contributed by atoms with van der Waals surface area (Å²) in [6.45, 7) is 7.76. The number of aryl methyl sites for hydroxylation is 1. The van der Waals surface area contributed by atoms with E-state index in [2.05, 4.69) is 49.4 Å². The number of likely N-dealkylation sites (N-methyl/N-ethyl adjacent to an activating group) is 1. The van der Waals surface area contributed by atoms with Crippen molar-refractivity contribution < 1.29 is 4.74 Å². The lowest BCUT2D eigenvalue weighted by atomic mass is 10.1. The van der Waals surface area contributed by atoms with Crippen LogP contribution in [0.3, 0.4) is 0 Å². The second-order valence-electron chi connectivity index (χ2n) is 5.02. The van der Waals surface area contributed by atoms with Crippen LogP contribution in [-0.4, -0.2) is 29.0 Å². The molecular formula is C15H23N3O. The number of rotatable bonds is 6. The Hall–Kier alpha value is -1.39. The molecule has 0 bridgehead atoms. The zero-order valence-corrected chi connectivity index (χ0v) is 12.2. The normalized spacial score (nSPS) is 13.3. The first-order valence-electron chi connectivity index (χ1n) is 6.90. The minimum atomic E-state index is 0.137. The SMILES string of the molecule is CCNC(COC(C)C)c1nn(C)c2ccccc12. The Morgan fingerprint density at radius 2 is 2.05 bits per heavy atom. The monoisotopic (exact) mass is 261 g/mol. The van der Waals surface area contributed by atoms with Gasteiger partial charge in [-0.05, 0) is 26.5 Å². The molecule has 19 heavy (non-hydrogen) atoms. The molecule has 1 atom stereocenters. The third kappa shape index (κ3) is 3.14. The van der Waals surface area contributed by atoms with E-state index in [9.17, 15) is 0 Å². The van der Waals surface area contributed by atoms with Gasteiger partial charge in [-0.1, -0.05) is 25.1 Å². The van der Waals surface area contributed by atoms with Crippen molar-refractivity contribution in [3.8, 4) is 0 Å². The zero-order chi connectivity index (χ0) is 13.8. The van der Waals surface area contributed by atoms with E-state index in [0.29, 0.717) is 6.61 Å². The average Bonchev–Trinajstić information content (AvgIpc) is 2.72. The van der Waals surface area contributed by atoms with Gasteiger partial charge in [0.25, 0.3) is 0 Å². The minimum Gasteiger partial charge on any atom is -0.377 e. The molecule has 0 amide bonds. The van der Waals surface area contributed by atoms with E-state index >= 15 is 0 Å². The third-order valence-corrected chi connectivity index (χ3v) is 3.16. The van der Waals surface area contributed by atoms with Crippen LogP contribution >= 0.6 is 0 Å². The molecule has 2 aromatic rings. The summed E-state index contributed by atoms with van der Waals surface area (Å²) in [6, 6.07) is 8.45.